The topological polar surface area (TPSA) is 37.3 Å². The lowest BCUT2D eigenvalue weighted by molar-refractivity contribution is 0.0694. The fourth-order valence-electron chi connectivity index (χ4n) is 1.57. The number of carboxylic acids is 1. The molecule has 0 aliphatic heterocycles. The lowest BCUT2D eigenvalue weighted by Gasteiger charge is -2.25. The minimum Gasteiger partial charge on any atom is -0.478 e. The van der Waals surface area contributed by atoms with E-state index in [1.54, 1.807) is 0 Å². The van der Waals surface area contributed by atoms with Gasteiger partial charge in [-0.25, -0.2) is 4.79 Å². The van der Waals surface area contributed by atoms with Crippen LogP contribution >= 0.6 is 27.3 Å². The molecule has 1 N–H and O–H groups in total. The van der Waals surface area contributed by atoms with Crippen LogP contribution in [-0.4, -0.2) is 11.1 Å². The summed E-state index contributed by atoms with van der Waals surface area (Å²) >= 11 is 4.75. The molecule has 1 aliphatic rings. The van der Waals surface area contributed by atoms with Crippen molar-refractivity contribution in [2.24, 2.45) is 0 Å². The van der Waals surface area contributed by atoms with Crippen molar-refractivity contribution in [2.75, 3.05) is 0 Å². The Balaban J connectivity index is 2.38. The van der Waals surface area contributed by atoms with Gasteiger partial charge in [0.15, 0.2) is 0 Å². The Hall–Kier alpha value is -0.350. The van der Waals surface area contributed by atoms with Gasteiger partial charge in [0.25, 0.3) is 0 Å². The van der Waals surface area contributed by atoms with Gasteiger partial charge >= 0.3 is 5.97 Å². The molecular formula is C9H9BrO2S. The minimum absolute atomic E-state index is 0.481. The zero-order valence-corrected chi connectivity index (χ0v) is 9.32. The van der Waals surface area contributed by atoms with Crippen LogP contribution in [0.4, 0.5) is 0 Å². The zero-order chi connectivity index (χ0) is 9.42. The molecule has 2 rings (SSSR count). The number of aromatic carboxylic acids is 1. The van der Waals surface area contributed by atoms with Gasteiger partial charge in [-0.1, -0.05) is 6.42 Å². The van der Waals surface area contributed by atoms with Gasteiger partial charge in [0.2, 0.25) is 0 Å². The molecule has 0 amide bonds. The zero-order valence-electron chi connectivity index (χ0n) is 6.92. The second-order valence-corrected chi connectivity index (χ2v) is 5.47. The summed E-state index contributed by atoms with van der Waals surface area (Å²) in [5, 5.41) is 11.0. The van der Waals surface area contributed by atoms with Crippen LogP contribution in [0.3, 0.4) is 0 Å². The van der Waals surface area contributed by atoms with Gasteiger partial charge < -0.3 is 5.11 Å². The van der Waals surface area contributed by atoms with E-state index < -0.39 is 5.97 Å². The van der Waals surface area contributed by atoms with Crippen molar-refractivity contribution >= 4 is 33.2 Å². The van der Waals surface area contributed by atoms with Crippen molar-refractivity contribution in [3.05, 3.63) is 20.3 Å². The lowest BCUT2D eigenvalue weighted by atomic mass is 9.80. The molecule has 1 saturated carbocycles. The first-order valence-corrected chi connectivity index (χ1v) is 5.87. The summed E-state index contributed by atoms with van der Waals surface area (Å²) < 4.78 is 0.752. The molecule has 0 atom stereocenters. The number of carbonyl (C=O) groups is 1. The van der Waals surface area contributed by atoms with Crippen molar-refractivity contribution in [3.8, 4) is 0 Å². The molecule has 70 valence electrons. The number of hydrogen-bond donors (Lipinski definition) is 1. The minimum atomic E-state index is -0.810. The predicted molar refractivity (Wildman–Crippen MR) is 55.6 cm³/mol. The van der Waals surface area contributed by atoms with Gasteiger partial charge in [-0.3, -0.25) is 0 Å². The fraction of sp³-hybridized carbons (Fsp3) is 0.444. The molecule has 0 saturated heterocycles. The molecule has 0 unspecified atom stereocenters. The van der Waals surface area contributed by atoms with E-state index in [1.807, 2.05) is 5.38 Å². The number of halogens is 1. The average molecular weight is 261 g/mol. The summed E-state index contributed by atoms with van der Waals surface area (Å²) in [7, 11) is 0. The van der Waals surface area contributed by atoms with Gasteiger partial charge in [0.1, 0.15) is 0 Å². The average Bonchev–Trinajstić information content (AvgIpc) is 2.28. The van der Waals surface area contributed by atoms with Crippen molar-refractivity contribution in [2.45, 2.75) is 25.2 Å². The molecule has 1 aliphatic carbocycles. The van der Waals surface area contributed by atoms with E-state index in [4.69, 9.17) is 5.11 Å². The van der Waals surface area contributed by atoms with Gasteiger partial charge in [0.05, 0.1) is 9.35 Å². The molecule has 1 aromatic rings. The standard InChI is InChI=1S/C9H9BrO2S/c10-8-7(9(11)12)6(4-13-8)5-2-1-3-5/h4-5H,1-3H2,(H,11,12). The van der Waals surface area contributed by atoms with Crippen LogP contribution < -0.4 is 0 Å². The Morgan fingerprint density at radius 2 is 2.31 bits per heavy atom. The number of carboxylic acid groups (broad SMARTS) is 1. The first-order chi connectivity index (χ1) is 6.20. The van der Waals surface area contributed by atoms with E-state index in [-0.39, 0.29) is 0 Å². The maximum Gasteiger partial charge on any atom is 0.338 e. The summed E-state index contributed by atoms with van der Waals surface area (Å²) in [4.78, 5) is 10.9. The molecule has 0 spiro atoms. The van der Waals surface area contributed by atoms with Crippen LogP contribution in [0.15, 0.2) is 9.17 Å². The maximum absolute atomic E-state index is 10.9. The van der Waals surface area contributed by atoms with Crippen LogP contribution in [0.5, 0.6) is 0 Å². The molecule has 4 heteroatoms. The predicted octanol–water partition coefficient (Wildman–Crippen LogP) is 3.48. The van der Waals surface area contributed by atoms with E-state index >= 15 is 0 Å². The molecular weight excluding hydrogens is 252 g/mol. The van der Waals surface area contributed by atoms with E-state index in [0.29, 0.717) is 11.5 Å². The first kappa shape index (κ1) is 9.21. The van der Waals surface area contributed by atoms with E-state index in [0.717, 1.165) is 22.2 Å². The summed E-state index contributed by atoms with van der Waals surface area (Å²) in [6.07, 6.45) is 3.52. The second kappa shape index (κ2) is 3.42. The third kappa shape index (κ3) is 1.53. The Labute approximate surface area is 88.7 Å². The van der Waals surface area contributed by atoms with E-state index in [1.165, 1.54) is 17.8 Å². The molecule has 0 radical (unpaired) electrons. The van der Waals surface area contributed by atoms with Crippen LogP contribution in [-0.2, 0) is 0 Å². The largest absolute Gasteiger partial charge is 0.478 e. The summed E-state index contributed by atoms with van der Waals surface area (Å²) in [6.45, 7) is 0. The third-order valence-corrected chi connectivity index (χ3v) is 4.27. The SMILES string of the molecule is O=C(O)c1c(C2CCC2)csc1Br. The van der Waals surface area contributed by atoms with Crippen molar-refractivity contribution in [1.82, 2.24) is 0 Å². The molecule has 1 fully saturated rings. The number of hydrogen-bond acceptors (Lipinski definition) is 2. The van der Waals surface area contributed by atoms with Gasteiger partial charge in [-0.05, 0) is 45.6 Å². The molecule has 1 heterocycles. The van der Waals surface area contributed by atoms with E-state index in [2.05, 4.69) is 15.9 Å². The quantitative estimate of drug-likeness (QED) is 0.884. The molecule has 2 nitrogen and oxygen atoms in total. The Morgan fingerprint density at radius 1 is 1.62 bits per heavy atom. The first-order valence-electron chi connectivity index (χ1n) is 4.20. The van der Waals surface area contributed by atoms with E-state index in [9.17, 15) is 4.79 Å². The smallest absolute Gasteiger partial charge is 0.338 e. The monoisotopic (exact) mass is 260 g/mol. The van der Waals surface area contributed by atoms with Crippen molar-refractivity contribution in [1.29, 1.82) is 0 Å². The Morgan fingerprint density at radius 3 is 2.77 bits per heavy atom. The van der Waals surface area contributed by atoms with Crippen LogP contribution in [0.1, 0.15) is 41.1 Å². The van der Waals surface area contributed by atoms with Crippen LogP contribution in [0, 0.1) is 0 Å². The van der Waals surface area contributed by atoms with Crippen LogP contribution in [0.25, 0.3) is 0 Å². The molecule has 13 heavy (non-hydrogen) atoms. The highest BCUT2D eigenvalue weighted by Gasteiger charge is 2.27. The second-order valence-electron chi connectivity index (χ2n) is 3.27. The fourth-order valence-corrected chi connectivity index (χ4v) is 3.12. The maximum atomic E-state index is 10.9. The van der Waals surface area contributed by atoms with Crippen molar-refractivity contribution < 1.29 is 9.90 Å². The normalized spacial score (nSPS) is 17.0. The molecule has 0 bridgehead atoms. The number of rotatable bonds is 2. The van der Waals surface area contributed by atoms with Crippen LogP contribution in [0.2, 0.25) is 0 Å². The molecule has 0 aromatic carbocycles. The third-order valence-electron chi connectivity index (χ3n) is 2.53. The summed E-state index contributed by atoms with van der Waals surface area (Å²) in [6, 6.07) is 0. The Kier molecular flexibility index (Phi) is 2.43. The highest BCUT2D eigenvalue weighted by molar-refractivity contribution is 9.11. The molecule has 1 aromatic heterocycles. The van der Waals surface area contributed by atoms with Crippen molar-refractivity contribution in [3.63, 3.8) is 0 Å². The summed E-state index contributed by atoms with van der Waals surface area (Å²) in [5.41, 5.74) is 1.50. The number of thiophene rings is 1. The van der Waals surface area contributed by atoms with Gasteiger partial charge in [-0.2, -0.15) is 0 Å². The van der Waals surface area contributed by atoms with Gasteiger partial charge in [0, 0.05) is 0 Å². The van der Waals surface area contributed by atoms with Gasteiger partial charge in [-0.15, -0.1) is 11.3 Å². The highest BCUT2D eigenvalue weighted by atomic mass is 79.9. The lowest BCUT2D eigenvalue weighted by Crippen LogP contribution is -2.12. The highest BCUT2D eigenvalue weighted by Crippen LogP contribution is 2.42. The Bertz CT molecular complexity index is 341. The summed E-state index contributed by atoms with van der Waals surface area (Å²) in [5.74, 6) is -0.316.